The van der Waals surface area contributed by atoms with Crippen LogP contribution in [0, 0.1) is 0 Å². The van der Waals surface area contributed by atoms with E-state index in [9.17, 15) is 14.7 Å². The number of ketones is 1. The van der Waals surface area contributed by atoms with Gasteiger partial charge in [0.25, 0.3) is 11.7 Å². The zero-order chi connectivity index (χ0) is 23.5. The maximum atomic E-state index is 13.3. The number of aliphatic hydroxyl groups excluding tert-OH is 1. The van der Waals surface area contributed by atoms with Gasteiger partial charge in [-0.25, -0.2) is 0 Å². The van der Waals surface area contributed by atoms with E-state index in [1.54, 1.807) is 36.3 Å². The van der Waals surface area contributed by atoms with Crippen molar-refractivity contribution in [1.82, 2.24) is 4.90 Å². The van der Waals surface area contributed by atoms with Gasteiger partial charge in [-0.2, -0.15) is 0 Å². The minimum absolute atomic E-state index is 0.0239. The van der Waals surface area contributed by atoms with Crippen LogP contribution in [-0.2, 0) is 9.59 Å². The van der Waals surface area contributed by atoms with Gasteiger partial charge in [0, 0.05) is 17.2 Å². The highest BCUT2D eigenvalue weighted by molar-refractivity contribution is 6.46. The number of para-hydroxylation sites is 1. The molecule has 4 rings (SSSR count). The van der Waals surface area contributed by atoms with Crippen LogP contribution in [0.4, 0.5) is 0 Å². The van der Waals surface area contributed by atoms with Gasteiger partial charge < -0.3 is 19.5 Å². The quantitative estimate of drug-likeness (QED) is 0.371. The summed E-state index contributed by atoms with van der Waals surface area (Å²) < 4.78 is 11.3. The van der Waals surface area contributed by atoms with E-state index in [2.05, 4.69) is 0 Å². The van der Waals surface area contributed by atoms with Crippen LogP contribution < -0.4 is 9.47 Å². The molecule has 0 spiro atoms. The molecule has 6 nitrogen and oxygen atoms in total. The number of aliphatic hydroxyl groups is 1. The first-order chi connectivity index (χ1) is 15.9. The zero-order valence-electron chi connectivity index (χ0n) is 19.4. The lowest BCUT2D eigenvalue weighted by Crippen LogP contribution is -2.40. The van der Waals surface area contributed by atoms with Crippen LogP contribution in [0.2, 0.25) is 0 Å². The number of nitrogens with zero attached hydrogens (tertiary/aromatic N) is 1. The van der Waals surface area contributed by atoms with Crippen LogP contribution in [0.3, 0.4) is 0 Å². The fourth-order valence-electron chi connectivity index (χ4n) is 4.90. The topological polar surface area (TPSA) is 76.1 Å². The molecule has 2 aromatic rings. The minimum Gasteiger partial charge on any atom is -0.507 e. The summed E-state index contributed by atoms with van der Waals surface area (Å²) in [5, 5.41) is 11.3. The largest absolute Gasteiger partial charge is 0.507 e. The number of likely N-dealkylation sites (tertiary alicyclic amines) is 1. The Balaban J connectivity index is 1.83. The molecule has 0 aromatic heterocycles. The molecular weight excluding hydrogens is 418 g/mol. The van der Waals surface area contributed by atoms with Crippen LogP contribution in [0.25, 0.3) is 5.76 Å². The number of methoxy groups -OCH3 is 1. The molecule has 6 heteroatoms. The van der Waals surface area contributed by atoms with Gasteiger partial charge >= 0.3 is 0 Å². The predicted octanol–water partition coefficient (Wildman–Crippen LogP) is 5.24. The second kappa shape index (κ2) is 9.69. The average molecular weight is 450 g/mol. The Labute approximate surface area is 194 Å². The molecule has 1 aliphatic carbocycles. The van der Waals surface area contributed by atoms with Crippen molar-refractivity contribution in [2.75, 3.05) is 7.11 Å². The number of Topliss-reactive ketones (excluding diaryl/α,β-unsaturated/α-hetero) is 1. The van der Waals surface area contributed by atoms with E-state index in [1.165, 1.54) is 0 Å². The number of carbonyl (C=O) groups is 2. The van der Waals surface area contributed by atoms with Crippen LogP contribution in [0.15, 0.2) is 54.1 Å². The van der Waals surface area contributed by atoms with Gasteiger partial charge in [0.15, 0.2) is 0 Å². The number of benzene rings is 2. The SMILES string of the molecule is COc1ccccc1C1/C(=C(/O)c2ccc(OC(C)C)cc2)C(=O)C(=O)N1C1CCCCC1. The van der Waals surface area contributed by atoms with Crippen LogP contribution in [0.1, 0.15) is 63.1 Å². The number of hydrogen-bond acceptors (Lipinski definition) is 5. The lowest BCUT2D eigenvalue weighted by atomic mass is 9.90. The molecule has 0 bridgehead atoms. The third-order valence-electron chi connectivity index (χ3n) is 6.38. The Kier molecular flexibility index (Phi) is 6.72. The van der Waals surface area contributed by atoms with Crippen molar-refractivity contribution in [3.8, 4) is 11.5 Å². The van der Waals surface area contributed by atoms with Crippen molar-refractivity contribution in [2.24, 2.45) is 0 Å². The summed E-state index contributed by atoms with van der Waals surface area (Å²) in [6, 6.07) is 13.6. The summed E-state index contributed by atoms with van der Waals surface area (Å²) in [5.41, 5.74) is 1.27. The van der Waals surface area contributed by atoms with Gasteiger partial charge in [-0.1, -0.05) is 37.5 Å². The molecule has 174 valence electrons. The second-order valence-corrected chi connectivity index (χ2v) is 8.93. The summed E-state index contributed by atoms with van der Waals surface area (Å²) in [6.07, 6.45) is 4.88. The first-order valence-corrected chi connectivity index (χ1v) is 11.6. The van der Waals surface area contributed by atoms with E-state index in [1.807, 2.05) is 38.1 Å². The molecule has 33 heavy (non-hydrogen) atoms. The van der Waals surface area contributed by atoms with E-state index in [4.69, 9.17) is 9.47 Å². The fourth-order valence-corrected chi connectivity index (χ4v) is 4.90. The Morgan fingerprint density at radius 2 is 1.67 bits per heavy atom. The summed E-state index contributed by atoms with van der Waals surface area (Å²) >= 11 is 0. The summed E-state index contributed by atoms with van der Waals surface area (Å²) in [6.45, 7) is 3.88. The van der Waals surface area contributed by atoms with Gasteiger partial charge in [-0.05, 0) is 57.0 Å². The number of hydrogen-bond donors (Lipinski definition) is 1. The standard InChI is InChI=1S/C27H31NO5/c1-17(2)33-20-15-13-18(14-16-20)25(29)23-24(21-11-7-8-12-22(21)32-3)28(27(31)26(23)30)19-9-5-4-6-10-19/h7-8,11-17,19,24,29H,4-6,9-10H2,1-3H3/b25-23-. The van der Waals surface area contributed by atoms with E-state index in [-0.39, 0.29) is 23.5 Å². The third-order valence-corrected chi connectivity index (χ3v) is 6.38. The highest BCUT2D eigenvalue weighted by atomic mass is 16.5. The van der Waals surface area contributed by atoms with Crippen LogP contribution >= 0.6 is 0 Å². The van der Waals surface area contributed by atoms with Crippen molar-refractivity contribution in [1.29, 1.82) is 0 Å². The van der Waals surface area contributed by atoms with Gasteiger partial charge in [0.1, 0.15) is 17.3 Å². The monoisotopic (exact) mass is 449 g/mol. The normalized spacial score (nSPS) is 21.0. The molecule has 1 saturated carbocycles. The van der Waals surface area contributed by atoms with Crippen molar-refractivity contribution in [3.05, 3.63) is 65.2 Å². The second-order valence-electron chi connectivity index (χ2n) is 8.93. The molecule has 1 heterocycles. The maximum absolute atomic E-state index is 13.3. The minimum atomic E-state index is -0.698. The van der Waals surface area contributed by atoms with E-state index in [0.29, 0.717) is 22.6 Å². The lowest BCUT2D eigenvalue weighted by molar-refractivity contribution is -0.141. The number of carbonyl (C=O) groups excluding carboxylic acids is 2. The first-order valence-electron chi connectivity index (χ1n) is 11.6. The van der Waals surface area contributed by atoms with Crippen molar-refractivity contribution < 1.29 is 24.2 Å². The predicted molar refractivity (Wildman–Crippen MR) is 126 cm³/mol. The fraction of sp³-hybridized carbons (Fsp3) is 0.407. The molecule has 2 aromatic carbocycles. The zero-order valence-corrected chi connectivity index (χ0v) is 19.4. The molecule has 1 amide bonds. The molecule has 0 radical (unpaired) electrons. The van der Waals surface area contributed by atoms with Crippen LogP contribution in [0.5, 0.6) is 11.5 Å². The Morgan fingerprint density at radius 3 is 2.30 bits per heavy atom. The molecule has 1 unspecified atom stereocenters. The number of ether oxygens (including phenoxy) is 2. The van der Waals surface area contributed by atoms with E-state index in [0.717, 1.165) is 32.1 Å². The van der Waals surface area contributed by atoms with E-state index < -0.39 is 17.7 Å². The van der Waals surface area contributed by atoms with Gasteiger partial charge in [0.2, 0.25) is 0 Å². The molecule has 1 saturated heterocycles. The number of amides is 1. The Bertz CT molecular complexity index is 1050. The molecule has 2 fully saturated rings. The van der Waals surface area contributed by atoms with E-state index >= 15 is 0 Å². The summed E-state index contributed by atoms with van der Waals surface area (Å²) in [7, 11) is 1.57. The van der Waals surface area contributed by atoms with Crippen molar-refractivity contribution in [3.63, 3.8) is 0 Å². The highest BCUT2D eigenvalue weighted by Crippen LogP contribution is 2.45. The molecule has 2 aliphatic rings. The molecule has 1 aliphatic heterocycles. The molecule has 1 atom stereocenters. The molecule has 1 N–H and O–H groups in total. The van der Waals surface area contributed by atoms with Crippen molar-refractivity contribution >= 4 is 17.4 Å². The lowest BCUT2D eigenvalue weighted by Gasteiger charge is -2.35. The maximum Gasteiger partial charge on any atom is 0.295 e. The highest BCUT2D eigenvalue weighted by Gasteiger charge is 2.49. The summed E-state index contributed by atoms with van der Waals surface area (Å²) in [5.74, 6) is -0.142. The molecular formula is C27H31NO5. The Hall–Kier alpha value is -3.28. The smallest absolute Gasteiger partial charge is 0.295 e. The Morgan fingerprint density at radius 1 is 1.00 bits per heavy atom. The summed E-state index contributed by atoms with van der Waals surface area (Å²) in [4.78, 5) is 28.3. The third kappa shape index (κ3) is 4.47. The average Bonchev–Trinajstić information content (AvgIpc) is 3.09. The number of rotatable bonds is 6. The first kappa shape index (κ1) is 22.9. The van der Waals surface area contributed by atoms with Crippen molar-refractivity contribution in [2.45, 2.75) is 64.1 Å². The van der Waals surface area contributed by atoms with Gasteiger partial charge in [0.05, 0.1) is 24.8 Å². The van der Waals surface area contributed by atoms with Gasteiger partial charge in [-0.15, -0.1) is 0 Å². The van der Waals surface area contributed by atoms with Crippen LogP contribution in [-0.4, -0.2) is 41.0 Å². The van der Waals surface area contributed by atoms with Gasteiger partial charge in [-0.3, -0.25) is 9.59 Å².